The number of rotatable bonds is 4. The fourth-order valence-corrected chi connectivity index (χ4v) is 3.35. The predicted molar refractivity (Wildman–Crippen MR) is 85.6 cm³/mol. The highest BCUT2D eigenvalue weighted by Crippen LogP contribution is 2.29. The molecule has 0 atom stereocenters. The van der Waals surface area contributed by atoms with E-state index in [1.165, 1.54) is 38.1 Å². The molecule has 0 aliphatic heterocycles. The molecule has 0 aliphatic rings. The van der Waals surface area contributed by atoms with E-state index in [0.29, 0.717) is 0 Å². The molecule has 25 heavy (non-hydrogen) atoms. The highest BCUT2D eigenvalue weighted by molar-refractivity contribution is 7.93. The molecule has 0 unspecified atom stereocenters. The van der Waals surface area contributed by atoms with Crippen LogP contribution in [0, 0.1) is 0 Å². The Kier molecular flexibility index (Phi) is 4.90. The van der Waals surface area contributed by atoms with Crippen molar-refractivity contribution in [3.05, 3.63) is 54.2 Å². The summed E-state index contributed by atoms with van der Waals surface area (Å²) in [5, 5.41) is 2.14. The second-order valence-corrected chi connectivity index (χ2v) is 8.19. The zero-order valence-corrected chi connectivity index (χ0v) is 14.1. The van der Waals surface area contributed by atoms with E-state index in [2.05, 4.69) is 10.3 Å². The van der Waals surface area contributed by atoms with Gasteiger partial charge in [0.25, 0.3) is 0 Å². The fraction of sp³-hybridized carbons (Fsp3) is 0.250. The number of hydrogen-bond acceptors (Lipinski definition) is 4. The van der Waals surface area contributed by atoms with E-state index in [-0.39, 0.29) is 10.7 Å². The first kappa shape index (κ1) is 18.9. The molecule has 0 radical (unpaired) electrons. The van der Waals surface area contributed by atoms with Gasteiger partial charge in [-0.15, -0.1) is 0 Å². The summed E-state index contributed by atoms with van der Waals surface area (Å²) in [5.41, 5.74) is -1.19. The van der Waals surface area contributed by atoms with Crippen molar-refractivity contribution in [2.24, 2.45) is 0 Å². The summed E-state index contributed by atoms with van der Waals surface area (Å²) in [6.07, 6.45) is -4.67. The van der Waals surface area contributed by atoms with Gasteiger partial charge >= 0.3 is 6.18 Å². The third-order valence-corrected chi connectivity index (χ3v) is 5.98. The minimum absolute atomic E-state index is 0.0628. The second-order valence-electron chi connectivity index (χ2n) is 5.69. The first-order valence-corrected chi connectivity index (χ1v) is 8.60. The van der Waals surface area contributed by atoms with Crippen molar-refractivity contribution >= 4 is 21.6 Å². The molecule has 2 aromatic rings. The molecule has 0 saturated heterocycles. The number of nitrogens with zero attached hydrogens (tertiary/aromatic N) is 1. The van der Waals surface area contributed by atoms with Gasteiger partial charge in [0.1, 0.15) is 16.3 Å². The van der Waals surface area contributed by atoms with Crippen molar-refractivity contribution in [3.63, 3.8) is 0 Å². The van der Waals surface area contributed by atoms with Gasteiger partial charge in [-0.1, -0.05) is 24.3 Å². The van der Waals surface area contributed by atoms with Crippen molar-refractivity contribution < 1.29 is 26.4 Å². The molecule has 1 heterocycles. The van der Waals surface area contributed by atoms with Crippen LogP contribution in [0.3, 0.4) is 0 Å². The van der Waals surface area contributed by atoms with E-state index < -0.39 is 32.4 Å². The van der Waals surface area contributed by atoms with Crippen molar-refractivity contribution in [1.82, 2.24) is 4.98 Å². The summed E-state index contributed by atoms with van der Waals surface area (Å²) in [6, 6.07) is 10.3. The maximum absolute atomic E-state index is 12.7. The Morgan fingerprint density at radius 3 is 2.16 bits per heavy atom. The van der Waals surface area contributed by atoms with Crippen molar-refractivity contribution in [2.45, 2.75) is 29.7 Å². The van der Waals surface area contributed by atoms with Crippen molar-refractivity contribution in [1.29, 1.82) is 0 Å². The number of amides is 1. The van der Waals surface area contributed by atoms with E-state index in [4.69, 9.17) is 0 Å². The van der Waals surface area contributed by atoms with Crippen LogP contribution in [0.15, 0.2) is 53.4 Å². The molecule has 0 aliphatic carbocycles. The lowest BCUT2D eigenvalue weighted by Crippen LogP contribution is -2.44. The minimum atomic E-state index is -4.67. The monoisotopic (exact) mass is 372 g/mol. The molecule has 0 saturated carbocycles. The summed E-state index contributed by atoms with van der Waals surface area (Å²) >= 11 is 0. The van der Waals surface area contributed by atoms with Crippen LogP contribution < -0.4 is 5.32 Å². The maximum atomic E-state index is 12.7. The number of benzene rings is 1. The highest BCUT2D eigenvalue weighted by Gasteiger charge is 2.43. The molecular weight excluding hydrogens is 357 g/mol. The first-order valence-electron chi connectivity index (χ1n) is 7.11. The van der Waals surface area contributed by atoms with Gasteiger partial charge in [-0.2, -0.15) is 13.2 Å². The summed E-state index contributed by atoms with van der Waals surface area (Å²) in [4.78, 5) is 15.6. The van der Waals surface area contributed by atoms with Gasteiger partial charge in [0.2, 0.25) is 5.91 Å². The molecule has 0 fully saturated rings. The highest BCUT2D eigenvalue weighted by atomic mass is 32.2. The van der Waals surface area contributed by atoms with Crippen LogP contribution in [0.2, 0.25) is 0 Å². The van der Waals surface area contributed by atoms with Gasteiger partial charge in [-0.3, -0.25) is 4.79 Å². The van der Waals surface area contributed by atoms with Crippen LogP contribution in [0.4, 0.5) is 19.0 Å². The number of alkyl halides is 3. The standard InChI is InChI=1S/C16H15F3N2O3S/c1-15(2,25(23,24)11-7-4-3-5-8-11)14(22)21-13-10-6-9-12(20-13)16(17,18)19/h3-10H,1-2H3,(H,20,21,22). The molecule has 134 valence electrons. The van der Waals surface area contributed by atoms with Crippen LogP contribution >= 0.6 is 0 Å². The summed E-state index contributed by atoms with van der Waals surface area (Å²) in [7, 11) is -4.06. The molecule has 1 amide bonds. The Hall–Kier alpha value is -2.42. The SMILES string of the molecule is CC(C)(C(=O)Nc1cccc(C(F)(F)F)n1)S(=O)(=O)c1ccccc1. The zero-order chi connectivity index (χ0) is 18.9. The number of anilines is 1. The Balaban J connectivity index is 2.31. The zero-order valence-electron chi connectivity index (χ0n) is 13.3. The van der Waals surface area contributed by atoms with Crippen LogP contribution in [0.25, 0.3) is 0 Å². The number of halogens is 3. The van der Waals surface area contributed by atoms with Crippen molar-refractivity contribution in [2.75, 3.05) is 5.32 Å². The number of carbonyl (C=O) groups excluding carboxylic acids is 1. The molecule has 5 nitrogen and oxygen atoms in total. The fourth-order valence-electron chi connectivity index (χ4n) is 1.95. The van der Waals surface area contributed by atoms with Gasteiger partial charge in [-0.05, 0) is 38.1 Å². The van der Waals surface area contributed by atoms with Crippen molar-refractivity contribution in [3.8, 4) is 0 Å². The smallest absolute Gasteiger partial charge is 0.309 e. The average molecular weight is 372 g/mol. The molecule has 0 bridgehead atoms. The average Bonchev–Trinajstić information content (AvgIpc) is 2.55. The van der Waals surface area contributed by atoms with Gasteiger partial charge in [0.05, 0.1) is 4.90 Å². The normalized spacial score (nSPS) is 12.7. The van der Waals surface area contributed by atoms with Gasteiger partial charge in [0, 0.05) is 0 Å². The minimum Gasteiger partial charge on any atom is -0.309 e. The third-order valence-electron chi connectivity index (χ3n) is 3.55. The summed E-state index contributed by atoms with van der Waals surface area (Å²) in [6.45, 7) is 2.36. The molecule has 1 N–H and O–H groups in total. The lowest BCUT2D eigenvalue weighted by molar-refractivity contribution is -0.141. The largest absolute Gasteiger partial charge is 0.433 e. The van der Waals surface area contributed by atoms with Crippen LogP contribution in [0.5, 0.6) is 0 Å². The van der Waals surface area contributed by atoms with Crippen LogP contribution in [-0.4, -0.2) is 24.1 Å². The number of nitrogens with one attached hydrogen (secondary N) is 1. The van der Waals surface area contributed by atoms with E-state index >= 15 is 0 Å². The van der Waals surface area contributed by atoms with E-state index in [1.54, 1.807) is 6.07 Å². The molecule has 1 aromatic heterocycles. The quantitative estimate of drug-likeness (QED) is 0.894. The van der Waals surface area contributed by atoms with Gasteiger partial charge in [-0.25, -0.2) is 13.4 Å². The number of aromatic nitrogens is 1. The lowest BCUT2D eigenvalue weighted by Gasteiger charge is -2.23. The molecule has 1 aromatic carbocycles. The van der Waals surface area contributed by atoms with E-state index in [0.717, 1.165) is 18.2 Å². The number of pyridine rings is 1. The molecular formula is C16H15F3N2O3S. The Bertz CT molecular complexity index is 879. The predicted octanol–water partition coefficient (Wildman–Crippen LogP) is 3.29. The third kappa shape index (κ3) is 3.81. The van der Waals surface area contributed by atoms with E-state index in [1.807, 2.05) is 0 Å². The van der Waals surface area contributed by atoms with Crippen LogP contribution in [-0.2, 0) is 20.8 Å². The van der Waals surface area contributed by atoms with Gasteiger partial charge < -0.3 is 5.32 Å². The maximum Gasteiger partial charge on any atom is 0.433 e. The number of carbonyl (C=O) groups is 1. The van der Waals surface area contributed by atoms with Crippen LogP contribution in [0.1, 0.15) is 19.5 Å². The lowest BCUT2D eigenvalue weighted by atomic mass is 10.2. The second kappa shape index (κ2) is 6.47. The molecule has 0 spiro atoms. The van der Waals surface area contributed by atoms with Gasteiger partial charge in [0.15, 0.2) is 9.84 Å². The first-order chi connectivity index (χ1) is 11.5. The summed E-state index contributed by atoms with van der Waals surface area (Å²) < 4.78 is 61.4. The Labute approximate surface area is 142 Å². The molecule has 2 rings (SSSR count). The number of hydrogen-bond donors (Lipinski definition) is 1. The Morgan fingerprint density at radius 1 is 1.00 bits per heavy atom. The topological polar surface area (TPSA) is 76.1 Å². The summed E-state index contributed by atoms with van der Waals surface area (Å²) in [5.74, 6) is -1.36. The number of sulfone groups is 1. The molecule has 9 heteroatoms. The van der Waals surface area contributed by atoms with E-state index in [9.17, 15) is 26.4 Å². The Morgan fingerprint density at radius 2 is 1.60 bits per heavy atom.